The molecule has 0 saturated carbocycles. The maximum atomic E-state index is 5.75. The summed E-state index contributed by atoms with van der Waals surface area (Å²) >= 11 is 0. The minimum absolute atomic E-state index is 0.555. The van der Waals surface area contributed by atoms with Crippen LogP contribution in [-0.2, 0) is 19.4 Å². The number of hydrogen-bond donors (Lipinski definition) is 0. The van der Waals surface area contributed by atoms with Crippen LogP contribution in [0.5, 0.6) is 28.7 Å². The first-order valence-corrected chi connectivity index (χ1v) is 11.8. The zero-order valence-corrected chi connectivity index (χ0v) is 21.2. The van der Waals surface area contributed by atoms with Gasteiger partial charge in [-0.15, -0.1) is 0 Å². The molecule has 0 spiro atoms. The quantitative estimate of drug-likeness (QED) is 0.328. The Labute approximate surface area is 210 Å². The van der Waals surface area contributed by atoms with Gasteiger partial charge in [0, 0.05) is 28.5 Å². The topological polar surface area (TPSA) is 77.1 Å². The second-order valence-electron chi connectivity index (χ2n) is 8.62. The third kappa shape index (κ3) is 4.02. The number of methoxy groups -OCH3 is 5. The minimum Gasteiger partial charge on any atom is -0.497 e. The molecule has 2 aromatic carbocycles. The van der Waals surface area contributed by atoms with Crippen molar-refractivity contribution in [3.05, 3.63) is 59.4 Å². The number of rotatable bonds is 8. The summed E-state index contributed by atoms with van der Waals surface area (Å²) in [6.45, 7) is 0.558. The summed E-state index contributed by atoms with van der Waals surface area (Å²) < 4.78 is 36.1. The van der Waals surface area contributed by atoms with Crippen LogP contribution < -0.4 is 23.7 Å². The lowest BCUT2D eigenvalue weighted by atomic mass is 10.00. The Balaban J connectivity index is 1.75. The van der Waals surface area contributed by atoms with Crippen molar-refractivity contribution in [3.63, 3.8) is 0 Å². The van der Waals surface area contributed by atoms with E-state index in [1.165, 1.54) is 5.56 Å². The Bertz CT molecular complexity index is 1360. The molecule has 0 saturated heterocycles. The molecule has 4 aromatic rings. The maximum Gasteiger partial charge on any atom is 0.203 e. The maximum absolute atomic E-state index is 5.75. The van der Waals surface area contributed by atoms with Crippen molar-refractivity contribution in [1.82, 2.24) is 9.72 Å². The van der Waals surface area contributed by atoms with Crippen LogP contribution in [0.25, 0.3) is 22.6 Å². The van der Waals surface area contributed by atoms with Crippen molar-refractivity contribution in [2.24, 2.45) is 0 Å². The van der Waals surface area contributed by atoms with Crippen molar-refractivity contribution in [1.29, 1.82) is 0 Å². The molecule has 0 radical (unpaired) electrons. The molecular formula is C28H30N2O6. The second kappa shape index (κ2) is 9.89. The zero-order valence-electron chi connectivity index (χ0n) is 21.2. The second-order valence-corrected chi connectivity index (χ2v) is 8.62. The molecule has 1 aliphatic carbocycles. The van der Waals surface area contributed by atoms with E-state index in [0.29, 0.717) is 23.8 Å². The molecule has 2 aromatic heterocycles. The van der Waals surface area contributed by atoms with Crippen LogP contribution in [0.1, 0.15) is 23.1 Å². The Morgan fingerprint density at radius 1 is 0.861 bits per heavy atom. The van der Waals surface area contributed by atoms with E-state index >= 15 is 0 Å². The third-order valence-corrected chi connectivity index (χ3v) is 6.71. The lowest BCUT2D eigenvalue weighted by Gasteiger charge is -2.18. The predicted molar refractivity (Wildman–Crippen MR) is 136 cm³/mol. The fraction of sp³-hybridized carbons (Fsp3) is 0.321. The highest BCUT2D eigenvalue weighted by Crippen LogP contribution is 2.45. The van der Waals surface area contributed by atoms with Crippen LogP contribution in [-0.4, -0.2) is 45.3 Å². The summed E-state index contributed by atoms with van der Waals surface area (Å²) in [5, 5.41) is 4.09. The first-order valence-electron chi connectivity index (χ1n) is 11.8. The molecule has 0 aliphatic heterocycles. The van der Waals surface area contributed by atoms with Crippen LogP contribution in [0.15, 0.2) is 47.2 Å². The molecule has 2 heterocycles. The molecule has 0 fully saturated rings. The number of aryl methyl sites for hydroxylation is 1. The fourth-order valence-electron chi connectivity index (χ4n) is 5.04. The lowest BCUT2D eigenvalue weighted by molar-refractivity contribution is 0.324. The fourth-order valence-corrected chi connectivity index (χ4v) is 5.04. The van der Waals surface area contributed by atoms with Crippen LogP contribution in [0.2, 0.25) is 0 Å². The molecule has 0 bridgehead atoms. The van der Waals surface area contributed by atoms with Crippen LogP contribution in [0.3, 0.4) is 0 Å². The number of fused-ring (bicyclic) bond motifs is 3. The molecule has 188 valence electrons. The van der Waals surface area contributed by atoms with Gasteiger partial charge in [-0.1, -0.05) is 5.16 Å². The highest BCUT2D eigenvalue weighted by molar-refractivity contribution is 5.80. The Morgan fingerprint density at radius 3 is 2.28 bits per heavy atom. The van der Waals surface area contributed by atoms with Crippen molar-refractivity contribution >= 4 is 0 Å². The largest absolute Gasteiger partial charge is 0.497 e. The van der Waals surface area contributed by atoms with Gasteiger partial charge < -0.3 is 32.8 Å². The van der Waals surface area contributed by atoms with Crippen molar-refractivity contribution < 1.29 is 28.2 Å². The third-order valence-electron chi connectivity index (χ3n) is 6.71. The van der Waals surface area contributed by atoms with Gasteiger partial charge in [0.2, 0.25) is 5.75 Å². The molecule has 8 heteroatoms. The van der Waals surface area contributed by atoms with E-state index in [4.69, 9.17) is 28.2 Å². The molecule has 0 N–H and O–H groups in total. The molecule has 36 heavy (non-hydrogen) atoms. The Hall–Kier alpha value is -4.07. The van der Waals surface area contributed by atoms with E-state index in [1.807, 2.05) is 36.5 Å². The van der Waals surface area contributed by atoms with Gasteiger partial charge in [-0.05, 0) is 55.2 Å². The summed E-state index contributed by atoms with van der Waals surface area (Å²) in [7, 11) is 8.20. The SMILES string of the molecule is COc1ccc(OC)c(Cn2cc3c(c2-c2cc(OC)c(OC)c(OC)c2)CCCc2cnoc2-3)c1. The molecule has 8 nitrogen and oxygen atoms in total. The van der Waals surface area contributed by atoms with Gasteiger partial charge in [-0.25, -0.2) is 0 Å². The molecule has 0 amide bonds. The summed E-state index contributed by atoms with van der Waals surface area (Å²) in [6.07, 6.45) is 6.78. The van der Waals surface area contributed by atoms with Gasteiger partial charge in [-0.2, -0.15) is 0 Å². The first-order chi connectivity index (χ1) is 17.6. The Morgan fingerprint density at radius 2 is 1.61 bits per heavy atom. The summed E-state index contributed by atoms with van der Waals surface area (Å²) in [5.41, 5.74) is 6.37. The highest BCUT2D eigenvalue weighted by Gasteiger charge is 2.27. The molecule has 1 aliphatic rings. The van der Waals surface area contributed by atoms with Gasteiger partial charge in [0.05, 0.1) is 54.0 Å². The van der Waals surface area contributed by atoms with Gasteiger partial charge in [-0.3, -0.25) is 0 Å². The van der Waals surface area contributed by atoms with Crippen molar-refractivity contribution in [3.8, 4) is 51.3 Å². The highest BCUT2D eigenvalue weighted by atomic mass is 16.5. The number of nitrogens with zero attached hydrogens (tertiary/aromatic N) is 2. The van der Waals surface area contributed by atoms with Gasteiger partial charge in [0.1, 0.15) is 11.5 Å². The average molecular weight is 491 g/mol. The summed E-state index contributed by atoms with van der Waals surface area (Å²) in [5.74, 6) is 4.14. The predicted octanol–water partition coefficient (Wildman–Crippen LogP) is 5.39. The standard InChI is InChI=1S/C28H30N2O6/c1-31-20-9-10-23(32-2)19(11-20)15-30-16-22-21(8-6-7-17-14-29-36-27(17)22)26(30)18-12-24(33-3)28(35-5)25(13-18)34-4/h9-14,16H,6-8,15H2,1-5H3. The van der Waals surface area contributed by atoms with Gasteiger partial charge in [0.15, 0.2) is 17.3 Å². The average Bonchev–Trinajstić information content (AvgIpc) is 3.48. The number of benzene rings is 2. The molecule has 5 rings (SSSR count). The zero-order chi connectivity index (χ0) is 25.2. The number of hydrogen-bond acceptors (Lipinski definition) is 7. The van der Waals surface area contributed by atoms with Crippen LogP contribution in [0.4, 0.5) is 0 Å². The van der Waals surface area contributed by atoms with Gasteiger partial charge in [0.25, 0.3) is 0 Å². The Kier molecular flexibility index (Phi) is 6.50. The van der Waals surface area contributed by atoms with E-state index in [9.17, 15) is 0 Å². The van der Waals surface area contributed by atoms with E-state index in [-0.39, 0.29) is 0 Å². The summed E-state index contributed by atoms with van der Waals surface area (Å²) in [6, 6.07) is 9.80. The van der Waals surface area contributed by atoms with Gasteiger partial charge >= 0.3 is 0 Å². The molecule has 0 unspecified atom stereocenters. The van der Waals surface area contributed by atoms with E-state index < -0.39 is 0 Å². The molecule has 0 atom stereocenters. The molecular weight excluding hydrogens is 460 g/mol. The number of ether oxygens (including phenoxy) is 5. The summed E-state index contributed by atoms with van der Waals surface area (Å²) in [4.78, 5) is 0. The van der Waals surface area contributed by atoms with E-state index in [2.05, 4.69) is 15.9 Å². The smallest absolute Gasteiger partial charge is 0.203 e. The normalized spacial score (nSPS) is 12.4. The van der Waals surface area contributed by atoms with Crippen LogP contribution in [0, 0.1) is 0 Å². The monoisotopic (exact) mass is 490 g/mol. The van der Waals surface area contributed by atoms with Crippen molar-refractivity contribution in [2.45, 2.75) is 25.8 Å². The van der Waals surface area contributed by atoms with E-state index in [1.54, 1.807) is 35.5 Å². The minimum atomic E-state index is 0.555. The van der Waals surface area contributed by atoms with E-state index in [0.717, 1.165) is 64.5 Å². The van der Waals surface area contributed by atoms with Crippen LogP contribution >= 0.6 is 0 Å². The lowest BCUT2D eigenvalue weighted by Crippen LogP contribution is -2.05. The number of aromatic nitrogens is 2. The first kappa shape index (κ1) is 23.7. The van der Waals surface area contributed by atoms with Crippen molar-refractivity contribution in [2.75, 3.05) is 35.5 Å².